The van der Waals surface area contributed by atoms with Crippen LogP contribution < -0.4 is 10.3 Å². The molecule has 2 aromatic heterocycles. The standard InChI is InChI=1S/C22H18FN3O4S/c1-12-4-3-5-16-19(12)25-17(26-21(16)27)10-30-22(28)20-13(2)24-18(31-20)11-29-15-8-6-14(23)7-9-15/h3-9H,10-11H2,1-2H3,(H,25,26,27). The van der Waals surface area contributed by atoms with E-state index in [1.807, 2.05) is 13.0 Å². The number of nitrogens with one attached hydrogen (secondary N) is 1. The molecule has 0 atom stereocenters. The van der Waals surface area contributed by atoms with Crippen molar-refractivity contribution in [3.8, 4) is 5.75 Å². The lowest BCUT2D eigenvalue weighted by atomic mass is 10.1. The van der Waals surface area contributed by atoms with E-state index in [4.69, 9.17) is 9.47 Å². The molecule has 0 saturated heterocycles. The minimum Gasteiger partial charge on any atom is -0.486 e. The third kappa shape index (κ3) is 4.61. The molecule has 2 heterocycles. The fourth-order valence-corrected chi connectivity index (χ4v) is 3.87. The number of ether oxygens (including phenoxy) is 2. The van der Waals surface area contributed by atoms with Gasteiger partial charge >= 0.3 is 5.97 Å². The first-order valence-corrected chi connectivity index (χ1v) is 10.2. The summed E-state index contributed by atoms with van der Waals surface area (Å²) in [5.74, 6) is -0.141. The molecule has 0 aliphatic carbocycles. The van der Waals surface area contributed by atoms with Crippen LogP contribution in [-0.2, 0) is 18.0 Å². The van der Waals surface area contributed by atoms with Crippen molar-refractivity contribution in [2.24, 2.45) is 0 Å². The lowest BCUT2D eigenvalue weighted by Crippen LogP contribution is -2.15. The number of H-pyrrole nitrogens is 1. The summed E-state index contributed by atoms with van der Waals surface area (Å²) in [6, 6.07) is 11.0. The van der Waals surface area contributed by atoms with E-state index >= 15 is 0 Å². The monoisotopic (exact) mass is 439 g/mol. The van der Waals surface area contributed by atoms with Gasteiger partial charge in [0, 0.05) is 0 Å². The molecule has 158 valence electrons. The van der Waals surface area contributed by atoms with E-state index < -0.39 is 5.97 Å². The van der Waals surface area contributed by atoms with Crippen molar-refractivity contribution >= 4 is 28.2 Å². The van der Waals surface area contributed by atoms with Crippen molar-refractivity contribution in [2.75, 3.05) is 0 Å². The molecule has 4 aromatic rings. The first-order valence-electron chi connectivity index (χ1n) is 9.41. The second-order valence-corrected chi connectivity index (χ2v) is 7.91. The summed E-state index contributed by atoms with van der Waals surface area (Å²) >= 11 is 1.16. The van der Waals surface area contributed by atoms with Gasteiger partial charge in [-0.3, -0.25) is 4.79 Å². The largest absolute Gasteiger partial charge is 0.486 e. The zero-order valence-corrected chi connectivity index (χ0v) is 17.6. The molecule has 0 unspecified atom stereocenters. The number of para-hydroxylation sites is 1. The Morgan fingerprint density at radius 1 is 1.10 bits per heavy atom. The van der Waals surface area contributed by atoms with Gasteiger partial charge in [0.1, 0.15) is 40.5 Å². The Morgan fingerprint density at radius 3 is 2.65 bits per heavy atom. The zero-order chi connectivity index (χ0) is 22.0. The van der Waals surface area contributed by atoms with E-state index in [-0.39, 0.29) is 30.4 Å². The Hall–Kier alpha value is -3.59. The van der Waals surface area contributed by atoms with Gasteiger partial charge in [-0.05, 0) is 49.7 Å². The smallest absolute Gasteiger partial charge is 0.350 e. The second kappa shape index (κ2) is 8.65. The number of hydrogen-bond acceptors (Lipinski definition) is 7. The van der Waals surface area contributed by atoms with E-state index in [0.29, 0.717) is 32.2 Å². The molecule has 7 nitrogen and oxygen atoms in total. The summed E-state index contributed by atoms with van der Waals surface area (Å²) in [7, 11) is 0. The van der Waals surface area contributed by atoms with Gasteiger partial charge in [-0.25, -0.2) is 19.2 Å². The molecule has 0 spiro atoms. The van der Waals surface area contributed by atoms with E-state index in [0.717, 1.165) is 16.9 Å². The van der Waals surface area contributed by atoms with Crippen LogP contribution in [0.1, 0.15) is 31.8 Å². The maximum absolute atomic E-state index is 13.0. The molecule has 2 aromatic carbocycles. The number of nitrogens with zero attached hydrogens (tertiary/aromatic N) is 2. The zero-order valence-electron chi connectivity index (χ0n) is 16.8. The normalized spacial score (nSPS) is 10.9. The number of aromatic amines is 1. The third-order valence-corrected chi connectivity index (χ3v) is 5.64. The number of benzene rings is 2. The van der Waals surface area contributed by atoms with Crippen LogP contribution >= 0.6 is 11.3 Å². The number of carbonyl (C=O) groups excluding carboxylic acids is 1. The average Bonchev–Trinajstić information content (AvgIpc) is 3.13. The molecule has 0 bridgehead atoms. The number of fused-ring (bicyclic) bond motifs is 1. The van der Waals surface area contributed by atoms with Crippen molar-refractivity contribution in [1.82, 2.24) is 15.0 Å². The van der Waals surface area contributed by atoms with Gasteiger partial charge in [0.2, 0.25) is 0 Å². The van der Waals surface area contributed by atoms with Crippen LogP contribution in [0.3, 0.4) is 0 Å². The predicted molar refractivity (Wildman–Crippen MR) is 114 cm³/mol. The van der Waals surface area contributed by atoms with Gasteiger partial charge in [0.15, 0.2) is 0 Å². The molecule has 0 saturated carbocycles. The summed E-state index contributed by atoms with van der Waals surface area (Å²) in [6.45, 7) is 3.54. The van der Waals surface area contributed by atoms with Crippen LogP contribution in [0.4, 0.5) is 4.39 Å². The van der Waals surface area contributed by atoms with Gasteiger partial charge < -0.3 is 14.5 Å². The molecule has 31 heavy (non-hydrogen) atoms. The summed E-state index contributed by atoms with van der Waals surface area (Å²) in [5.41, 5.74) is 1.67. The number of carbonyl (C=O) groups is 1. The molecule has 0 aliphatic heterocycles. The highest BCUT2D eigenvalue weighted by Crippen LogP contribution is 2.22. The summed E-state index contributed by atoms with van der Waals surface area (Å²) in [4.78, 5) is 36.5. The van der Waals surface area contributed by atoms with Gasteiger partial charge in [-0.1, -0.05) is 12.1 Å². The number of hydrogen-bond donors (Lipinski definition) is 1. The first-order chi connectivity index (χ1) is 14.9. The molecule has 0 aliphatic rings. The van der Waals surface area contributed by atoms with Gasteiger partial charge in [0.05, 0.1) is 16.6 Å². The fourth-order valence-electron chi connectivity index (χ4n) is 3.00. The Bertz CT molecular complexity index is 1310. The first kappa shape index (κ1) is 20.7. The highest BCUT2D eigenvalue weighted by molar-refractivity contribution is 7.13. The minimum atomic E-state index is -0.560. The molecular formula is C22H18FN3O4S. The highest BCUT2D eigenvalue weighted by Gasteiger charge is 2.18. The van der Waals surface area contributed by atoms with Crippen LogP contribution in [-0.4, -0.2) is 20.9 Å². The van der Waals surface area contributed by atoms with Crippen molar-refractivity contribution in [3.63, 3.8) is 0 Å². The number of rotatable bonds is 6. The molecule has 1 N–H and O–H groups in total. The Kier molecular flexibility index (Phi) is 5.77. The molecular weight excluding hydrogens is 421 g/mol. The Morgan fingerprint density at radius 2 is 1.87 bits per heavy atom. The van der Waals surface area contributed by atoms with Gasteiger partial charge in [-0.2, -0.15) is 0 Å². The lowest BCUT2D eigenvalue weighted by molar-refractivity contribution is 0.0467. The molecule has 9 heteroatoms. The number of esters is 1. The van der Waals surface area contributed by atoms with Crippen LogP contribution in [0, 0.1) is 19.7 Å². The number of aromatic nitrogens is 3. The van der Waals surface area contributed by atoms with Gasteiger partial charge in [0.25, 0.3) is 5.56 Å². The number of halogens is 1. The molecule has 0 amide bonds. The van der Waals surface area contributed by atoms with Crippen LogP contribution in [0.2, 0.25) is 0 Å². The fraction of sp³-hybridized carbons (Fsp3) is 0.182. The van der Waals surface area contributed by atoms with Crippen molar-refractivity contribution in [3.05, 3.63) is 85.6 Å². The van der Waals surface area contributed by atoms with E-state index in [1.165, 1.54) is 24.3 Å². The predicted octanol–water partition coefficient (Wildman–Crippen LogP) is 4.07. The van der Waals surface area contributed by atoms with Crippen molar-refractivity contribution in [2.45, 2.75) is 27.1 Å². The summed E-state index contributed by atoms with van der Waals surface area (Å²) in [5, 5.41) is 1.07. The Balaban J connectivity index is 1.43. The highest BCUT2D eigenvalue weighted by atomic mass is 32.1. The number of thiazole rings is 1. The Labute approximate surface area is 180 Å². The molecule has 4 rings (SSSR count). The molecule has 0 radical (unpaired) electrons. The summed E-state index contributed by atoms with van der Waals surface area (Å²) < 4.78 is 23.9. The SMILES string of the molecule is Cc1nc(COc2ccc(F)cc2)sc1C(=O)OCc1nc2c(C)cccc2c(=O)[nH]1. The van der Waals surface area contributed by atoms with Crippen molar-refractivity contribution < 1.29 is 18.7 Å². The minimum absolute atomic E-state index is 0.142. The maximum Gasteiger partial charge on any atom is 0.350 e. The topological polar surface area (TPSA) is 94.2 Å². The van der Waals surface area contributed by atoms with Crippen LogP contribution in [0.5, 0.6) is 5.75 Å². The summed E-state index contributed by atoms with van der Waals surface area (Å²) in [6.07, 6.45) is 0. The number of aryl methyl sites for hydroxylation is 2. The maximum atomic E-state index is 13.0. The van der Waals surface area contributed by atoms with E-state index in [9.17, 15) is 14.0 Å². The van der Waals surface area contributed by atoms with E-state index in [2.05, 4.69) is 15.0 Å². The quantitative estimate of drug-likeness (QED) is 0.455. The third-order valence-electron chi connectivity index (χ3n) is 4.53. The average molecular weight is 439 g/mol. The van der Waals surface area contributed by atoms with Gasteiger partial charge in [-0.15, -0.1) is 11.3 Å². The lowest BCUT2D eigenvalue weighted by Gasteiger charge is -2.06. The van der Waals surface area contributed by atoms with Crippen LogP contribution in [0.25, 0.3) is 10.9 Å². The van der Waals surface area contributed by atoms with Crippen molar-refractivity contribution in [1.29, 1.82) is 0 Å². The van der Waals surface area contributed by atoms with E-state index in [1.54, 1.807) is 19.1 Å². The molecule has 0 fully saturated rings. The second-order valence-electron chi connectivity index (χ2n) is 6.82. The van der Waals surface area contributed by atoms with Crippen LogP contribution in [0.15, 0.2) is 47.3 Å².